The topological polar surface area (TPSA) is 105 Å². The van der Waals surface area contributed by atoms with E-state index in [1.807, 2.05) is 20.8 Å². The summed E-state index contributed by atoms with van der Waals surface area (Å²) in [6.07, 6.45) is 2.16. The molecule has 0 saturated heterocycles. The molecule has 1 aromatic heterocycles. The highest BCUT2D eigenvalue weighted by Gasteiger charge is 2.23. The van der Waals surface area contributed by atoms with E-state index in [0.29, 0.717) is 23.5 Å². The molecule has 0 bridgehead atoms. The van der Waals surface area contributed by atoms with E-state index in [0.717, 1.165) is 12.8 Å². The number of nitrogens with two attached hydrogens (primary N) is 1. The van der Waals surface area contributed by atoms with Gasteiger partial charge in [0, 0.05) is 17.5 Å². The van der Waals surface area contributed by atoms with Crippen LogP contribution in [0.15, 0.2) is 6.07 Å². The number of amides is 1. The Morgan fingerprint density at radius 1 is 1.35 bits per heavy atom. The monoisotopic (exact) mass is 278 g/mol. The lowest BCUT2D eigenvalue weighted by atomic mass is 9.96. The summed E-state index contributed by atoms with van der Waals surface area (Å²) in [4.78, 5) is 20.4. The van der Waals surface area contributed by atoms with Crippen LogP contribution in [-0.2, 0) is 10.2 Å². The Morgan fingerprint density at radius 3 is 2.55 bits per heavy atom. The summed E-state index contributed by atoms with van der Waals surface area (Å²) in [5, 5.41) is 5.92. The third kappa shape index (κ3) is 4.06. The molecule has 0 radical (unpaired) electrons. The molecule has 0 aromatic carbocycles. The lowest BCUT2D eigenvalue weighted by Crippen LogP contribution is -2.31. The SMILES string of the molecule is CC(C)(C)c1nc(NN)cc(NCC(=O)NC2CC2)n1. The predicted octanol–water partition coefficient (Wildman–Crippen LogP) is 0.750. The Labute approximate surface area is 118 Å². The van der Waals surface area contributed by atoms with Crippen molar-refractivity contribution in [2.45, 2.75) is 45.1 Å². The number of anilines is 2. The van der Waals surface area contributed by atoms with E-state index in [4.69, 9.17) is 5.84 Å². The molecule has 7 heteroatoms. The normalized spacial score (nSPS) is 14.8. The first kappa shape index (κ1) is 14.5. The zero-order chi connectivity index (χ0) is 14.8. The van der Waals surface area contributed by atoms with Crippen molar-refractivity contribution in [2.75, 3.05) is 17.3 Å². The molecule has 110 valence electrons. The number of nitrogen functional groups attached to an aromatic ring is 1. The van der Waals surface area contributed by atoms with Crippen molar-refractivity contribution in [2.24, 2.45) is 5.84 Å². The number of aromatic nitrogens is 2. The van der Waals surface area contributed by atoms with E-state index in [9.17, 15) is 4.79 Å². The second kappa shape index (κ2) is 5.62. The Morgan fingerprint density at radius 2 is 2.00 bits per heavy atom. The van der Waals surface area contributed by atoms with Crippen LogP contribution in [0.25, 0.3) is 0 Å². The summed E-state index contributed by atoms with van der Waals surface area (Å²) >= 11 is 0. The Balaban J connectivity index is 2.03. The molecule has 0 atom stereocenters. The van der Waals surface area contributed by atoms with Crippen LogP contribution in [-0.4, -0.2) is 28.5 Å². The van der Waals surface area contributed by atoms with Crippen LogP contribution in [0.1, 0.15) is 39.4 Å². The third-order valence-electron chi connectivity index (χ3n) is 2.92. The maximum Gasteiger partial charge on any atom is 0.239 e. The molecule has 1 saturated carbocycles. The van der Waals surface area contributed by atoms with Gasteiger partial charge in [0.2, 0.25) is 5.91 Å². The van der Waals surface area contributed by atoms with Crippen LogP contribution in [0.3, 0.4) is 0 Å². The van der Waals surface area contributed by atoms with E-state index < -0.39 is 0 Å². The number of hydrogen-bond donors (Lipinski definition) is 4. The lowest BCUT2D eigenvalue weighted by molar-refractivity contribution is -0.119. The Hall–Kier alpha value is -1.89. The number of hydrogen-bond acceptors (Lipinski definition) is 6. The molecule has 2 rings (SSSR count). The van der Waals surface area contributed by atoms with Crippen LogP contribution in [0.4, 0.5) is 11.6 Å². The zero-order valence-electron chi connectivity index (χ0n) is 12.2. The summed E-state index contributed by atoms with van der Waals surface area (Å²) < 4.78 is 0. The van der Waals surface area contributed by atoms with Crippen LogP contribution in [0, 0.1) is 0 Å². The summed E-state index contributed by atoms with van der Waals surface area (Å²) in [5.74, 6) is 7.17. The van der Waals surface area contributed by atoms with Crippen molar-refractivity contribution in [1.29, 1.82) is 0 Å². The lowest BCUT2D eigenvalue weighted by Gasteiger charge is -2.18. The van der Waals surface area contributed by atoms with E-state index in [-0.39, 0.29) is 17.9 Å². The van der Waals surface area contributed by atoms with Gasteiger partial charge in [-0.05, 0) is 12.8 Å². The highest BCUT2D eigenvalue weighted by Crippen LogP contribution is 2.22. The van der Waals surface area contributed by atoms with Crippen molar-refractivity contribution in [3.63, 3.8) is 0 Å². The van der Waals surface area contributed by atoms with Gasteiger partial charge in [-0.1, -0.05) is 20.8 Å². The van der Waals surface area contributed by atoms with Gasteiger partial charge in [0.1, 0.15) is 17.5 Å². The van der Waals surface area contributed by atoms with Gasteiger partial charge >= 0.3 is 0 Å². The molecule has 1 aliphatic carbocycles. The molecule has 1 amide bonds. The molecule has 20 heavy (non-hydrogen) atoms. The van der Waals surface area contributed by atoms with E-state index in [1.165, 1.54) is 0 Å². The van der Waals surface area contributed by atoms with Gasteiger partial charge in [-0.25, -0.2) is 15.8 Å². The maximum atomic E-state index is 11.6. The van der Waals surface area contributed by atoms with Crippen molar-refractivity contribution < 1.29 is 4.79 Å². The van der Waals surface area contributed by atoms with Gasteiger partial charge in [0.25, 0.3) is 0 Å². The van der Waals surface area contributed by atoms with Gasteiger partial charge in [-0.2, -0.15) is 0 Å². The second-order valence-electron chi connectivity index (χ2n) is 6.05. The standard InChI is InChI=1S/C13H22N6O/c1-13(2,3)12-17-9(6-10(18-12)19-14)15-7-11(20)16-8-4-5-8/h6,8H,4-5,7,14H2,1-3H3,(H,16,20)(H2,15,17,18,19). The van der Waals surface area contributed by atoms with Crippen LogP contribution in [0.5, 0.6) is 0 Å². The fraction of sp³-hybridized carbons (Fsp3) is 0.615. The first-order valence-corrected chi connectivity index (χ1v) is 6.78. The fourth-order valence-electron chi connectivity index (χ4n) is 1.62. The third-order valence-corrected chi connectivity index (χ3v) is 2.92. The molecule has 1 aromatic rings. The van der Waals surface area contributed by atoms with Crippen LogP contribution >= 0.6 is 0 Å². The summed E-state index contributed by atoms with van der Waals surface area (Å²) in [5.41, 5.74) is 2.32. The minimum atomic E-state index is -0.195. The Bertz CT molecular complexity index is 492. The number of nitrogens with zero attached hydrogens (tertiary/aromatic N) is 2. The van der Waals surface area contributed by atoms with Crippen molar-refractivity contribution in [3.8, 4) is 0 Å². The van der Waals surface area contributed by atoms with Gasteiger partial charge in [0.05, 0.1) is 6.54 Å². The average Bonchev–Trinajstić information content (AvgIpc) is 3.19. The first-order valence-electron chi connectivity index (χ1n) is 6.78. The number of carbonyl (C=O) groups excluding carboxylic acids is 1. The zero-order valence-corrected chi connectivity index (χ0v) is 12.2. The molecular formula is C13H22N6O. The predicted molar refractivity (Wildman–Crippen MR) is 78.2 cm³/mol. The molecule has 0 spiro atoms. The van der Waals surface area contributed by atoms with Gasteiger partial charge < -0.3 is 16.1 Å². The number of hydrazine groups is 1. The molecule has 0 aliphatic heterocycles. The summed E-state index contributed by atoms with van der Waals surface area (Å²) in [6, 6.07) is 2.04. The molecule has 7 nitrogen and oxygen atoms in total. The second-order valence-corrected chi connectivity index (χ2v) is 6.05. The van der Waals surface area contributed by atoms with Crippen LogP contribution < -0.4 is 21.9 Å². The molecule has 1 heterocycles. The molecule has 5 N–H and O–H groups in total. The smallest absolute Gasteiger partial charge is 0.239 e. The van der Waals surface area contributed by atoms with Crippen molar-refractivity contribution in [1.82, 2.24) is 15.3 Å². The minimum absolute atomic E-state index is 0.0225. The van der Waals surface area contributed by atoms with E-state index in [1.54, 1.807) is 6.07 Å². The Kier molecular flexibility index (Phi) is 4.08. The molecular weight excluding hydrogens is 256 g/mol. The fourth-order valence-corrected chi connectivity index (χ4v) is 1.62. The first-order chi connectivity index (χ1) is 9.38. The quantitative estimate of drug-likeness (QED) is 0.468. The molecule has 1 fully saturated rings. The number of carbonyl (C=O) groups is 1. The summed E-state index contributed by atoms with van der Waals surface area (Å²) in [7, 11) is 0. The van der Waals surface area contributed by atoms with Gasteiger partial charge in [0.15, 0.2) is 0 Å². The largest absolute Gasteiger partial charge is 0.361 e. The van der Waals surface area contributed by atoms with Gasteiger partial charge in [-0.15, -0.1) is 0 Å². The number of nitrogens with one attached hydrogen (secondary N) is 3. The molecule has 1 aliphatic rings. The van der Waals surface area contributed by atoms with Crippen molar-refractivity contribution >= 4 is 17.5 Å². The number of rotatable bonds is 5. The van der Waals surface area contributed by atoms with Gasteiger partial charge in [-0.3, -0.25) is 4.79 Å². The average molecular weight is 278 g/mol. The highest BCUT2D eigenvalue weighted by molar-refractivity contribution is 5.81. The van der Waals surface area contributed by atoms with E-state index in [2.05, 4.69) is 26.0 Å². The highest BCUT2D eigenvalue weighted by atomic mass is 16.2. The molecule has 0 unspecified atom stereocenters. The summed E-state index contributed by atoms with van der Waals surface area (Å²) in [6.45, 7) is 6.26. The maximum absolute atomic E-state index is 11.6. The minimum Gasteiger partial charge on any atom is -0.361 e. The van der Waals surface area contributed by atoms with E-state index >= 15 is 0 Å². The van der Waals surface area contributed by atoms with Crippen LogP contribution in [0.2, 0.25) is 0 Å². The van der Waals surface area contributed by atoms with Crippen molar-refractivity contribution in [3.05, 3.63) is 11.9 Å².